The summed E-state index contributed by atoms with van der Waals surface area (Å²) in [4.78, 5) is 2.41. The molecule has 1 N–H and O–H groups in total. The van der Waals surface area contributed by atoms with Crippen molar-refractivity contribution in [3.05, 3.63) is 88.7 Å². The summed E-state index contributed by atoms with van der Waals surface area (Å²) in [5.41, 5.74) is 6.35. The lowest BCUT2D eigenvalue weighted by molar-refractivity contribution is 0.180. The molecule has 0 aromatic heterocycles. The van der Waals surface area contributed by atoms with Gasteiger partial charge in [0.05, 0.1) is 7.11 Å². The van der Waals surface area contributed by atoms with Gasteiger partial charge < -0.3 is 14.8 Å². The molecule has 1 aliphatic heterocycles. The summed E-state index contributed by atoms with van der Waals surface area (Å²) in [7, 11) is 1.73. The number of benzene rings is 3. The molecule has 4 nitrogen and oxygen atoms in total. The van der Waals surface area contributed by atoms with E-state index in [9.17, 15) is 4.39 Å². The van der Waals surface area contributed by atoms with Gasteiger partial charge in [-0.2, -0.15) is 0 Å². The fourth-order valence-electron chi connectivity index (χ4n) is 5.76. The predicted molar refractivity (Wildman–Crippen MR) is 149 cm³/mol. The highest BCUT2D eigenvalue weighted by Gasteiger charge is 2.22. The third kappa shape index (κ3) is 6.64. The van der Waals surface area contributed by atoms with Gasteiger partial charge >= 0.3 is 0 Å². The number of piperidine rings is 1. The summed E-state index contributed by atoms with van der Waals surface area (Å²) < 4.78 is 25.8. The van der Waals surface area contributed by atoms with Crippen molar-refractivity contribution in [2.45, 2.75) is 50.9 Å². The summed E-state index contributed by atoms with van der Waals surface area (Å²) in [6, 6.07) is 20.5. The molecule has 0 amide bonds. The number of hydrogen-bond donors (Lipinski definition) is 1. The van der Waals surface area contributed by atoms with Crippen molar-refractivity contribution < 1.29 is 13.9 Å². The molecule has 5 heteroatoms. The first-order valence-corrected chi connectivity index (χ1v) is 13.8. The van der Waals surface area contributed by atoms with E-state index < -0.39 is 0 Å². The molecule has 3 aromatic rings. The maximum atomic E-state index is 14.7. The maximum Gasteiger partial charge on any atom is 0.165 e. The molecule has 1 fully saturated rings. The minimum Gasteiger partial charge on any atom is -0.497 e. The molecule has 5 rings (SSSR count). The van der Waals surface area contributed by atoms with E-state index in [0.717, 1.165) is 63.2 Å². The number of para-hydroxylation sites is 1. The molecule has 0 bridgehead atoms. The molecule has 2 aliphatic rings. The Morgan fingerprint density at radius 1 is 0.973 bits per heavy atom. The monoisotopic (exact) mass is 502 g/mol. The Hall–Kier alpha value is -3.05. The van der Waals surface area contributed by atoms with Crippen LogP contribution in [0.15, 0.2) is 60.7 Å². The zero-order chi connectivity index (χ0) is 25.5. The number of halogens is 1. The van der Waals surface area contributed by atoms with Gasteiger partial charge in [0.2, 0.25) is 0 Å². The van der Waals surface area contributed by atoms with Crippen molar-refractivity contribution in [3.63, 3.8) is 0 Å². The van der Waals surface area contributed by atoms with Gasteiger partial charge in [-0.15, -0.1) is 0 Å². The Balaban J connectivity index is 1.14. The SMILES string of the molecule is COc1ccc2c(c1)CCC(c1ccccc1NCCc1ccc(OCCN3CCCCC3)c(F)c1)C2. The highest BCUT2D eigenvalue weighted by Crippen LogP contribution is 2.37. The average Bonchev–Trinajstić information content (AvgIpc) is 2.94. The van der Waals surface area contributed by atoms with Crippen LogP contribution in [-0.4, -0.2) is 44.8 Å². The highest BCUT2D eigenvalue weighted by atomic mass is 19.1. The predicted octanol–water partition coefficient (Wildman–Crippen LogP) is 6.63. The Morgan fingerprint density at radius 3 is 2.68 bits per heavy atom. The Morgan fingerprint density at radius 2 is 1.84 bits per heavy atom. The largest absolute Gasteiger partial charge is 0.497 e. The standard InChI is InChI=1S/C32H39FN2O2/c1-36-28-13-12-25-22-27(11-10-26(25)23-28)29-7-3-4-8-31(29)34-16-15-24-9-14-32(30(33)21-24)37-20-19-35-17-5-2-6-18-35/h3-4,7-9,12-14,21,23,27,34H,2,5-6,10-11,15-20,22H2,1H3. The molecule has 1 heterocycles. The van der Waals surface area contributed by atoms with E-state index in [1.54, 1.807) is 19.2 Å². The Kier molecular flexibility index (Phi) is 8.62. The lowest BCUT2D eigenvalue weighted by Gasteiger charge is -2.27. The molecular weight excluding hydrogens is 463 g/mol. The van der Waals surface area contributed by atoms with Crippen LogP contribution in [0.25, 0.3) is 0 Å². The van der Waals surface area contributed by atoms with Crippen LogP contribution in [0.1, 0.15) is 53.9 Å². The van der Waals surface area contributed by atoms with Crippen molar-refractivity contribution in [2.24, 2.45) is 0 Å². The number of anilines is 1. The molecule has 1 saturated heterocycles. The smallest absolute Gasteiger partial charge is 0.165 e. The van der Waals surface area contributed by atoms with Gasteiger partial charge in [0.15, 0.2) is 11.6 Å². The van der Waals surface area contributed by atoms with Gasteiger partial charge in [-0.3, -0.25) is 4.90 Å². The number of hydrogen-bond acceptors (Lipinski definition) is 4. The van der Waals surface area contributed by atoms with Crippen molar-refractivity contribution in [1.82, 2.24) is 4.90 Å². The topological polar surface area (TPSA) is 33.7 Å². The molecular formula is C32H39FN2O2. The molecule has 196 valence electrons. The minimum absolute atomic E-state index is 0.269. The zero-order valence-electron chi connectivity index (χ0n) is 22.0. The van der Waals surface area contributed by atoms with Crippen LogP contribution < -0.4 is 14.8 Å². The molecule has 1 atom stereocenters. The number of ether oxygens (including phenoxy) is 2. The summed E-state index contributed by atoms with van der Waals surface area (Å²) in [6.07, 6.45) is 7.83. The van der Waals surface area contributed by atoms with E-state index >= 15 is 0 Å². The number of fused-ring (bicyclic) bond motifs is 1. The van der Waals surface area contributed by atoms with Crippen molar-refractivity contribution in [3.8, 4) is 11.5 Å². The maximum absolute atomic E-state index is 14.7. The van der Waals surface area contributed by atoms with Gasteiger partial charge in [0, 0.05) is 18.8 Å². The van der Waals surface area contributed by atoms with Crippen molar-refractivity contribution >= 4 is 5.69 Å². The quantitative estimate of drug-likeness (QED) is 0.338. The van der Waals surface area contributed by atoms with E-state index in [0.29, 0.717) is 18.3 Å². The summed E-state index contributed by atoms with van der Waals surface area (Å²) in [6.45, 7) is 4.42. The summed E-state index contributed by atoms with van der Waals surface area (Å²) >= 11 is 0. The van der Waals surface area contributed by atoms with E-state index in [2.05, 4.69) is 52.7 Å². The molecule has 1 unspecified atom stereocenters. The highest BCUT2D eigenvalue weighted by molar-refractivity contribution is 5.54. The lowest BCUT2D eigenvalue weighted by atomic mass is 9.79. The molecule has 0 spiro atoms. The molecule has 1 aliphatic carbocycles. The number of methoxy groups -OCH3 is 1. The molecule has 37 heavy (non-hydrogen) atoms. The van der Waals surface area contributed by atoms with Crippen molar-refractivity contribution in [1.29, 1.82) is 0 Å². The van der Waals surface area contributed by atoms with E-state index in [1.807, 2.05) is 6.07 Å². The first-order valence-electron chi connectivity index (χ1n) is 13.8. The van der Waals surface area contributed by atoms with Crippen LogP contribution in [-0.2, 0) is 19.3 Å². The second-order valence-corrected chi connectivity index (χ2v) is 10.4. The van der Waals surface area contributed by atoms with Gasteiger partial charge in [0.25, 0.3) is 0 Å². The number of likely N-dealkylation sites (tertiary alicyclic amines) is 1. The van der Waals surface area contributed by atoms with Crippen LogP contribution >= 0.6 is 0 Å². The van der Waals surface area contributed by atoms with Crippen LogP contribution in [0.2, 0.25) is 0 Å². The normalized spacial score (nSPS) is 17.7. The van der Waals surface area contributed by atoms with E-state index in [4.69, 9.17) is 9.47 Å². The van der Waals surface area contributed by atoms with E-state index in [-0.39, 0.29) is 5.82 Å². The third-order valence-corrected chi connectivity index (χ3v) is 7.88. The number of nitrogens with one attached hydrogen (secondary N) is 1. The number of rotatable bonds is 10. The second-order valence-electron chi connectivity index (χ2n) is 10.4. The minimum atomic E-state index is -0.269. The van der Waals surface area contributed by atoms with Gasteiger partial charge in [-0.25, -0.2) is 4.39 Å². The van der Waals surface area contributed by atoms with Gasteiger partial charge in [-0.05, 0) is 110 Å². The molecule has 3 aromatic carbocycles. The Labute approximate surface area is 220 Å². The zero-order valence-corrected chi connectivity index (χ0v) is 22.0. The van der Waals surface area contributed by atoms with Crippen LogP contribution in [0.4, 0.5) is 10.1 Å². The summed E-state index contributed by atoms with van der Waals surface area (Å²) in [5, 5.41) is 3.63. The third-order valence-electron chi connectivity index (χ3n) is 7.88. The number of nitrogens with zero attached hydrogens (tertiary/aromatic N) is 1. The Bertz CT molecular complexity index is 1180. The van der Waals surface area contributed by atoms with Crippen molar-refractivity contribution in [2.75, 3.05) is 45.2 Å². The van der Waals surface area contributed by atoms with Gasteiger partial charge in [-0.1, -0.05) is 36.8 Å². The first-order chi connectivity index (χ1) is 18.2. The lowest BCUT2D eigenvalue weighted by Crippen LogP contribution is -2.33. The molecule has 0 radical (unpaired) electrons. The van der Waals surface area contributed by atoms with Crippen LogP contribution in [0.5, 0.6) is 11.5 Å². The van der Waals surface area contributed by atoms with Gasteiger partial charge in [0.1, 0.15) is 12.4 Å². The van der Waals surface area contributed by atoms with Crippen LogP contribution in [0.3, 0.4) is 0 Å². The van der Waals surface area contributed by atoms with Crippen LogP contribution in [0, 0.1) is 5.82 Å². The first kappa shape index (κ1) is 25.6. The molecule has 0 saturated carbocycles. The van der Waals surface area contributed by atoms with E-state index in [1.165, 1.54) is 41.6 Å². The average molecular weight is 503 g/mol. The fourth-order valence-corrected chi connectivity index (χ4v) is 5.76. The fraction of sp³-hybridized carbons (Fsp3) is 0.438. The number of aryl methyl sites for hydroxylation is 1. The summed E-state index contributed by atoms with van der Waals surface area (Å²) in [5.74, 6) is 1.51. The second kappa shape index (κ2) is 12.5.